The number of ether oxygens (including phenoxy) is 1. The molecule has 0 heterocycles. The molecule has 110 valence electrons. The zero-order chi connectivity index (χ0) is 15.6. The van der Waals surface area contributed by atoms with E-state index in [0.29, 0.717) is 0 Å². The van der Waals surface area contributed by atoms with Crippen molar-refractivity contribution in [2.45, 2.75) is 26.4 Å². The fourth-order valence-electron chi connectivity index (χ4n) is 0.620. The zero-order valence-electron chi connectivity index (χ0n) is 11.8. The van der Waals surface area contributed by atoms with Crippen molar-refractivity contribution in [2.75, 3.05) is 5.75 Å². The molecule has 0 aliphatic carbocycles. The van der Waals surface area contributed by atoms with E-state index in [1.807, 2.05) is 0 Å². The van der Waals surface area contributed by atoms with Crippen molar-refractivity contribution in [3.63, 3.8) is 0 Å². The van der Waals surface area contributed by atoms with Gasteiger partial charge in [-0.15, -0.1) is 0 Å². The van der Waals surface area contributed by atoms with Crippen molar-refractivity contribution in [3.05, 3.63) is 24.8 Å². The third-order valence-electron chi connectivity index (χ3n) is 1.61. The van der Waals surface area contributed by atoms with Crippen LogP contribution >= 0.6 is 0 Å². The molecular formula is C11H17NaO7S. The molecule has 0 amide bonds. The Morgan fingerprint density at radius 2 is 1.85 bits per heavy atom. The summed E-state index contributed by atoms with van der Waals surface area (Å²) in [7, 11) is -3.98. The van der Waals surface area contributed by atoms with Gasteiger partial charge in [-0.1, -0.05) is 13.2 Å². The summed E-state index contributed by atoms with van der Waals surface area (Å²) in [5.41, 5.74) is 0.0648. The molecule has 0 aliphatic rings. The van der Waals surface area contributed by atoms with Gasteiger partial charge < -0.3 is 14.6 Å². The van der Waals surface area contributed by atoms with Crippen LogP contribution < -0.4 is 34.7 Å². The van der Waals surface area contributed by atoms with Gasteiger partial charge in [-0.05, 0) is 19.4 Å². The molecule has 9 heteroatoms. The summed E-state index contributed by atoms with van der Waals surface area (Å²) in [6, 6.07) is 0. The van der Waals surface area contributed by atoms with E-state index in [2.05, 4.69) is 17.9 Å². The molecule has 20 heavy (non-hydrogen) atoms. The molecular weight excluding hydrogens is 299 g/mol. The Bertz CT molecular complexity index is 430. The maximum Gasteiger partial charge on any atom is 1.00 e. The van der Waals surface area contributed by atoms with Gasteiger partial charge in [-0.25, -0.2) is 4.79 Å². The fourth-order valence-corrected chi connectivity index (χ4v) is 1.25. The van der Waals surface area contributed by atoms with Gasteiger partial charge in [0.15, 0.2) is 0 Å². The standard InChI is InChI=1S/C7H12O5S.C4H6O2.Na/c1-3-7(8)12-6(2)4-5-13(9,10)11;1-3(2)4(5)6;/h3,6H,1,4-5H2,2H3,(H,9,10,11);1H2,2H3,(H,5,6);/q;;+1/p-1. The van der Waals surface area contributed by atoms with Crippen molar-refractivity contribution < 1.29 is 62.0 Å². The smallest absolute Gasteiger partial charge is 0.545 e. The minimum Gasteiger partial charge on any atom is -0.545 e. The Hall–Kier alpha value is -0.670. The number of hydrogen-bond acceptors (Lipinski definition) is 6. The molecule has 1 N–H and O–H groups in total. The Morgan fingerprint density at radius 3 is 2.10 bits per heavy atom. The van der Waals surface area contributed by atoms with Crippen LogP contribution in [0.2, 0.25) is 0 Å². The summed E-state index contributed by atoms with van der Waals surface area (Å²) >= 11 is 0. The van der Waals surface area contributed by atoms with E-state index in [4.69, 9.17) is 4.55 Å². The fraction of sp³-hybridized carbons (Fsp3) is 0.455. The van der Waals surface area contributed by atoms with Gasteiger partial charge in [0.05, 0.1) is 11.7 Å². The first kappa shape index (κ1) is 24.4. The molecule has 0 fully saturated rings. The molecule has 0 aliphatic heterocycles. The molecule has 1 unspecified atom stereocenters. The Morgan fingerprint density at radius 1 is 1.45 bits per heavy atom. The Kier molecular flexibility index (Phi) is 14.7. The molecule has 0 aromatic carbocycles. The van der Waals surface area contributed by atoms with Crippen LogP contribution in [-0.2, 0) is 24.4 Å². The molecule has 0 aromatic heterocycles. The summed E-state index contributed by atoms with van der Waals surface area (Å²) in [5.74, 6) is -2.21. The number of hydrogen-bond donors (Lipinski definition) is 1. The van der Waals surface area contributed by atoms with Crippen molar-refractivity contribution in [1.29, 1.82) is 0 Å². The van der Waals surface area contributed by atoms with E-state index in [-0.39, 0.29) is 41.6 Å². The predicted molar refractivity (Wildman–Crippen MR) is 66.6 cm³/mol. The van der Waals surface area contributed by atoms with Crippen molar-refractivity contribution >= 4 is 22.1 Å². The summed E-state index contributed by atoms with van der Waals surface area (Å²) in [4.78, 5) is 20.1. The number of aliphatic carboxylic acids is 1. The Labute approximate surface area is 140 Å². The van der Waals surface area contributed by atoms with E-state index < -0.39 is 33.9 Å². The van der Waals surface area contributed by atoms with Crippen molar-refractivity contribution in [2.24, 2.45) is 0 Å². The van der Waals surface area contributed by atoms with Crippen molar-refractivity contribution in [1.82, 2.24) is 0 Å². The predicted octanol–water partition coefficient (Wildman–Crippen LogP) is -3.30. The van der Waals surface area contributed by atoms with Crippen LogP contribution in [0.3, 0.4) is 0 Å². The van der Waals surface area contributed by atoms with Gasteiger partial charge in [0, 0.05) is 12.5 Å². The minimum absolute atomic E-state index is 0. The molecule has 0 radical (unpaired) electrons. The Balaban J connectivity index is -0.000000352. The van der Waals surface area contributed by atoms with Gasteiger partial charge in [0.2, 0.25) is 0 Å². The monoisotopic (exact) mass is 316 g/mol. The van der Waals surface area contributed by atoms with Gasteiger partial charge in [0.25, 0.3) is 10.1 Å². The maximum atomic E-state index is 10.6. The summed E-state index contributed by atoms with van der Waals surface area (Å²) in [5, 5.41) is 9.49. The van der Waals surface area contributed by atoms with Crippen LogP contribution in [-0.4, -0.2) is 36.8 Å². The normalized spacial score (nSPS) is 10.9. The van der Waals surface area contributed by atoms with Gasteiger partial charge >= 0.3 is 35.5 Å². The largest absolute Gasteiger partial charge is 1.00 e. The van der Waals surface area contributed by atoms with Gasteiger partial charge in [0.1, 0.15) is 6.10 Å². The molecule has 0 bridgehead atoms. The number of carbonyl (C=O) groups is 2. The molecule has 7 nitrogen and oxygen atoms in total. The molecule has 0 spiro atoms. The second kappa shape index (κ2) is 12.1. The van der Waals surface area contributed by atoms with Crippen LogP contribution in [0.1, 0.15) is 20.3 Å². The van der Waals surface area contributed by atoms with Gasteiger partial charge in [-0.2, -0.15) is 8.42 Å². The minimum atomic E-state index is -3.98. The quantitative estimate of drug-likeness (QED) is 0.236. The molecule has 0 aromatic rings. The first-order chi connectivity index (χ1) is 8.49. The number of carboxylic acid groups (broad SMARTS) is 1. The van der Waals surface area contributed by atoms with Crippen LogP contribution in [0.4, 0.5) is 0 Å². The molecule has 0 saturated carbocycles. The van der Waals surface area contributed by atoms with Crippen LogP contribution in [0.15, 0.2) is 24.8 Å². The van der Waals surface area contributed by atoms with E-state index in [1.54, 1.807) is 0 Å². The first-order valence-electron chi connectivity index (χ1n) is 5.14. The van der Waals surface area contributed by atoms with E-state index in [9.17, 15) is 23.1 Å². The molecule has 0 rings (SSSR count). The topological polar surface area (TPSA) is 121 Å². The zero-order valence-corrected chi connectivity index (χ0v) is 14.6. The summed E-state index contributed by atoms with van der Waals surface area (Å²) in [6.45, 7) is 9.19. The molecule has 0 saturated heterocycles. The van der Waals surface area contributed by atoms with Crippen LogP contribution in [0.25, 0.3) is 0 Å². The number of rotatable bonds is 6. The number of carbonyl (C=O) groups excluding carboxylic acids is 2. The van der Waals surface area contributed by atoms with Gasteiger partial charge in [-0.3, -0.25) is 4.55 Å². The number of esters is 1. The van der Waals surface area contributed by atoms with Crippen molar-refractivity contribution in [3.8, 4) is 0 Å². The summed E-state index contributed by atoms with van der Waals surface area (Å²) in [6.07, 6.45) is 0.509. The van der Waals surface area contributed by atoms with E-state index in [1.165, 1.54) is 13.8 Å². The van der Waals surface area contributed by atoms with E-state index >= 15 is 0 Å². The third-order valence-corrected chi connectivity index (χ3v) is 2.37. The summed E-state index contributed by atoms with van der Waals surface area (Å²) < 4.78 is 33.6. The first-order valence-corrected chi connectivity index (χ1v) is 6.75. The second-order valence-corrected chi connectivity index (χ2v) is 5.17. The number of carboxylic acids is 1. The second-order valence-electron chi connectivity index (χ2n) is 3.59. The maximum absolute atomic E-state index is 10.6. The average Bonchev–Trinajstić information content (AvgIpc) is 2.26. The SMILES string of the molecule is C=C(C)C(=O)[O-].C=CC(=O)OC(C)CCS(=O)(=O)O.[Na+]. The third kappa shape index (κ3) is 19.7. The van der Waals surface area contributed by atoms with Crippen LogP contribution in [0, 0.1) is 0 Å². The molecule has 1 atom stereocenters. The van der Waals surface area contributed by atoms with Crippen LogP contribution in [0.5, 0.6) is 0 Å². The average molecular weight is 316 g/mol. The van der Waals surface area contributed by atoms with E-state index in [0.717, 1.165) is 6.08 Å².